The number of benzene rings is 1. The van der Waals surface area contributed by atoms with E-state index in [2.05, 4.69) is 19.2 Å². The highest BCUT2D eigenvalue weighted by atomic mass is 35.5. The van der Waals surface area contributed by atoms with Crippen molar-refractivity contribution in [2.24, 2.45) is 5.92 Å². The Morgan fingerprint density at radius 2 is 2.16 bits per heavy atom. The summed E-state index contributed by atoms with van der Waals surface area (Å²) in [6.45, 7) is 5.84. The molecule has 19 heavy (non-hydrogen) atoms. The van der Waals surface area contributed by atoms with Crippen molar-refractivity contribution in [1.82, 2.24) is 5.32 Å². The number of amides is 1. The van der Waals surface area contributed by atoms with Crippen molar-refractivity contribution in [1.29, 1.82) is 0 Å². The van der Waals surface area contributed by atoms with E-state index >= 15 is 0 Å². The van der Waals surface area contributed by atoms with E-state index in [1.165, 1.54) is 12.1 Å². The molecule has 1 amide bonds. The minimum absolute atomic E-state index is 0.120. The average molecular weight is 286 g/mol. The lowest BCUT2D eigenvalue weighted by atomic mass is 10.1. The molecule has 0 heterocycles. The average Bonchev–Trinajstić information content (AvgIpc) is 2.32. The molecule has 1 aromatic carbocycles. The van der Waals surface area contributed by atoms with Crippen LogP contribution in [0.4, 0.5) is 0 Å². The molecule has 1 aromatic rings. The van der Waals surface area contributed by atoms with Gasteiger partial charge in [0, 0.05) is 18.2 Å². The molecular formula is C14H20ClNO3. The van der Waals surface area contributed by atoms with Crippen LogP contribution < -0.4 is 5.32 Å². The van der Waals surface area contributed by atoms with E-state index in [-0.39, 0.29) is 17.2 Å². The Hall–Kier alpha value is -1.26. The summed E-state index contributed by atoms with van der Waals surface area (Å²) in [5.41, 5.74) is 0.214. The Morgan fingerprint density at radius 1 is 1.42 bits per heavy atom. The standard InChI is InChI=1S/C14H20ClNO3/c1-10(2)5-7-19-8-6-16-14(18)12-4-3-11(15)9-13(12)17/h3-4,9-10,17H,5-8H2,1-2H3,(H,16,18). The van der Waals surface area contributed by atoms with Crippen LogP contribution in [0, 0.1) is 5.92 Å². The number of phenols is 1. The summed E-state index contributed by atoms with van der Waals surface area (Å²) in [5.74, 6) is 0.160. The van der Waals surface area contributed by atoms with Crippen molar-refractivity contribution in [3.63, 3.8) is 0 Å². The number of hydrogen-bond donors (Lipinski definition) is 2. The molecule has 1 rings (SSSR count). The van der Waals surface area contributed by atoms with Crippen LogP contribution in [0.2, 0.25) is 5.02 Å². The fraction of sp³-hybridized carbons (Fsp3) is 0.500. The van der Waals surface area contributed by atoms with Crippen molar-refractivity contribution in [2.45, 2.75) is 20.3 Å². The van der Waals surface area contributed by atoms with E-state index in [0.717, 1.165) is 6.42 Å². The highest BCUT2D eigenvalue weighted by Crippen LogP contribution is 2.21. The van der Waals surface area contributed by atoms with Crippen LogP contribution in [0.5, 0.6) is 5.75 Å². The number of nitrogens with one attached hydrogen (secondary N) is 1. The second-order valence-electron chi connectivity index (χ2n) is 4.71. The molecular weight excluding hydrogens is 266 g/mol. The van der Waals surface area contributed by atoms with Gasteiger partial charge in [-0.15, -0.1) is 0 Å². The molecule has 2 N–H and O–H groups in total. The van der Waals surface area contributed by atoms with Gasteiger partial charge in [-0.3, -0.25) is 4.79 Å². The lowest BCUT2D eigenvalue weighted by Gasteiger charge is -2.08. The van der Waals surface area contributed by atoms with Crippen LogP contribution in [-0.2, 0) is 4.74 Å². The number of rotatable bonds is 7. The molecule has 0 aliphatic rings. The molecule has 0 aromatic heterocycles. The Morgan fingerprint density at radius 3 is 2.79 bits per heavy atom. The third-order valence-corrected chi connectivity index (χ3v) is 2.81. The Bertz CT molecular complexity index is 421. The summed E-state index contributed by atoms with van der Waals surface area (Å²) in [5, 5.41) is 12.7. The molecule has 0 bridgehead atoms. The Balaban J connectivity index is 2.28. The van der Waals surface area contributed by atoms with Gasteiger partial charge in [-0.25, -0.2) is 0 Å². The lowest BCUT2D eigenvalue weighted by molar-refractivity contribution is 0.0903. The quantitative estimate of drug-likeness (QED) is 0.758. The van der Waals surface area contributed by atoms with E-state index in [1.54, 1.807) is 6.07 Å². The predicted octanol–water partition coefficient (Wildman–Crippen LogP) is 2.84. The number of phenolic OH excluding ortho intramolecular Hbond substituents is 1. The first-order valence-corrected chi connectivity index (χ1v) is 6.73. The lowest BCUT2D eigenvalue weighted by Crippen LogP contribution is -2.27. The second kappa shape index (κ2) is 8.02. The first-order chi connectivity index (χ1) is 9.00. The van der Waals surface area contributed by atoms with Crippen LogP contribution in [0.25, 0.3) is 0 Å². The molecule has 0 aliphatic heterocycles. The first kappa shape index (κ1) is 15.8. The number of carbonyl (C=O) groups excluding carboxylic acids is 1. The number of ether oxygens (including phenoxy) is 1. The molecule has 0 fully saturated rings. The zero-order chi connectivity index (χ0) is 14.3. The first-order valence-electron chi connectivity index (χ1n) is 6.35. The largest absolute Gasteiger partial charge is 0.507 e. The van der Waals surface area contributed by atoms with Gasteiger partial charge in [0.1, 0.15) is 5.75 Å². The van der Waals surface area contributed by atoms with Gasteiger partial charge in [-0.1, -0.05) is 25.4 Å². The Labute approximate surface area is 118 Å². The van der Waals surface area contributed by atoms with Gasteiger partial charge >= 0.3 is 0 Å². The van der Waals surface area contributed by atoms with Gasteiger partial charge in [0.2, 0.25) is 0 Å². The van der Waals surface area contributed by atoms with E-state index in [4.69, 9.17) is 16.3 Å². The smallest absolute Gasteiger partial charge is 0.255 e. The zero-order valence-electron chi connectivity index (χ0n) is 11.3. The van der Waals surface area contributed by atoms with Gasteiger partial charge < -0.3 is 15.2 Å². The SMILES string of the molecule is CC(C)CCOCCNC(=O)c1ccc(Cl)cc1O. The predicted molar refractivity (Wildman–Crippen MR) is 75.7 cm³/mol. The van der Waals surface area contributed by atoms with Crippen molar-refractivity contribution in [3.8, 4) is 5.75 Å². The van der Waals surface area contributed by atoms with Gasteiger partial charge in [0.05, 0.1) is 12.2 Å². The normalized spacial score (nSPS) is 10.7. The van der Waals surface area contributed by atoms with E-state index < -0.39 is 0 Å². The van der Waals surface area contributed by atoms with E-state index in [1.807, 2.05) is 0 Å². The third-order valence-electron chi connectivity index (χ3n) is 2.58. The van der Waals surface area contributed by atoms with Crippen LogP contribution in [0.3, 0.4) is 0 Å². The van der Waals surface area contributed by atoms with Gasteiger partial charge in [0.25, 0.3) is 5.91 Å². The van der Waals surface area contributed by atoms with Gasteiger partial charge in [0.15, 0.2) is 0 Å². The van der Waals surface area contributed by atoms with Crippen LogP contribution in [0.15, 0.2) is 18.2 Å². The molecule has 106 valence electrons. The second-order valence-corrected chi connectivity index (χ2v) is 5.15. The fourth-order valence-corrected chi connectivity index (χ4v) is 1.62. The number of hydrogen-bond acceptors (Lipinski definition) is 3. The van der Waals surface area contributed by atoms with Crippen LogP contribution in [-0.4, -0.2) is 30.8 Å². The molecule has 0 saturated heterocycles. The zero-order valence-corrected chi connectivity index (χ0v) is 12.0. The summed E-state index contributed by atoms with van der Waals surface area (Å²) in [6.07, 6.45) is 1.01. The van der Waals surface area contributed by atoms with Crippen molar-refractivity contribution in [2.75, 3.05) is 19.8 Å². The maximum atomic E-state index is 11.7. The monoisotopic (exact) mass is 285 g/mol. The molecule has 0 aliphatic carbocycles. The fourth-order valence-electron chi connectivity index (χ4n) is 1.45. The molecule has 0 saturated carbocycles. The maximum Gasteiger partial charge on any atom is 0.255 e. The highest BCUT2D eigenvalue weighted by Gasteiger charge is 2.10. The van der Waals surface area contributed by atoms with Crippen molar-refractivity contribution in [3.05, 3.63) is 28.8 Å². The van der Waals surface area contributed by atoms with Gasteiger partial charge in [-0.2, -0.15) is 0 Å². The molecule has 0 radical (unpaired) electrons. The van der Waals surface area contributed by atoms with E-state index in [9.17, 15) is 9.90 Å². The summed E-state index contributed by atoms with van der Waals surface area (Å²) in [7, 11) is 0. The summed E-state index contributed by atoms with van der Waals surface area (Å²) in [4.78, 5) is 11.7. The molecule has 4 nitrogen and oxygen atoms in total. The van der Waals surface area contributed by atoms with E-state index in [0.29, 0.717) is 30.7 Å². The number of halogens is 1. The number of aromatic hydroxyl groups is 1. The molecule has 5 heteroatoms. The summed E-state index contributed by atoms with van der Waals surface area (Å²) in [6, 6.07) is 4.40. The topological polar surface area (TPSA) is 58.6 Å². The van der Waals surface area contributed by atoms with Gasteiger partial charge in [-0.05, 0) is 30.5 Å². The minimum Gasteiger partial charge on any atom is -0.507 e. The molecule has 0 spiro atoms. The van der Waals surface area contributed by atoms with Crippen molar-refractivity contribution >= 4 is 17.5 Å². The highest BCUT2D eigenvalue weighted by molar-refractivity contribution is 6.30. The van der Waals surface area contributed by atoms with Crippen molar-refractivity contribution < 1.29 is 14.6 Å². The maximum absolute atomic E-state index is 11.7. The summed E-state index contributed by atoms with van der Waals surface area (Å²) >= 11 is 5.70. The third kappa shape index (κ3) is 5.94. The Kier molecular flexibility index (Phi) is 6.67. The molecule has 0 atom stereocenters. The van der Waals surface area contributed by atoms with Crippen LogP contribution >= 0.6 is 11.6 Å². The minimum atomic E-state index is -0.332. The summed E-state index contributed by atoms with van der Waals surface area (Å²) < 4.78 is 5.38. The van der Waals surface area contributed by atoms with Crippen LogP contribution in [0.1, 0.15) is 30.6 Å². The molecule has 0 unspecified atom stereocenters. The number of carbonyl (C=O) groups is 1.